The highest BCUT2D eigenvalue weighted by Gasteiger charge is 2.00. The monoisotopic (exact) mass is 334 g/mol. The van der Waals surface area contributed by atoms with Crippen LogP contribution in [0.4, 0.5) is 0 Å². The van der Waals surface area contributed by atoms with E-state index in [4.69, 9.17) is 4.84 Å². The van der Waals surface area contributed by atoms with E-state index in [1.54, 1.807) is 6.21 Å². The summed E-state index contributed by atoms with van der Waals surface area (Å²) in [5, 5.41) is 3.96. The van der Waals surface area contributed by atoms with Crippen LogP contribution >= 0.6 is 15.9 Å². The van der Waals surface area contributed by atoms with E-state index in [1.165, 1.54) is 4.90 Å². The van der Waals surface area contributed by atoms with Gasteiger partial charge in [0.25, 0.3) is 0 Å². The average Bonchev–Trinajstić information content (AvgIpc) is 2.36. The van der Waals surface area contributed by atoms with Gasteiger partial charge in [0, 0.05) is 4.47 Å². The van der Waals surface area contributed by atoms with Crippen LogP contribution < -0.4 is 17.3 Å². The smallest absolute Gasteiger partial charge is 0.165 e. The Labute approximate surface area is 124 Å². The summed E-state index contributed by atoms with van der Waals surface area (Å²) in [6.45, 7) is 8.31. The third-order valence-corrected chi connectivity index (χ3v) is 3.22. The zero-order chi connectivity index (χ0) is 12.5. The summed E-state index contributed by atoms with van der Waals surface area (Å²) < 4.78 is 1.07. The highest BCUT2D eigenvalue weighted by Crippen LogP contribution is 2.08. The Kier molecular flexibility index (Phi) is 10.0. The average molecular weight is 336 g/mol. The van der Waals surface area contributed by atoms with Crippen molar-refractivity contribution in [1.29, 1.82) is 0 Å². The summed E-state index contributed by atoms with van der Waals surface area (Å²) in [7, 11) is 0. The maximum absolute atomic E-state index is 5.24. The molecule has 0 radical (unpaired) electrons. The molecule has 0 atom stereocenters. The lowest BCUT2D eigenvalue weighted by Gasteiger charge is -2.13. The third-order valence-electron chi connectivity index (χ3n) is 2.69. The van der Waals surface area contributed by atoms with Gasteiger partial charge in [-0.2, -0.15) is 0 Å². The molecular formula is C13H20BrClN2O. The second-order valence-corrected chi connectivity index (χ2v) is 4.74. The van der Waals surface area contributed by atoms with Gasteiger partial charge in [-0.1, -0.05) is 33.2 Å². The second kappa shape index (κ2) is 10.4. The maximum atomic E-state index is 5.24. The van der Waals surface area contributed by atoms with Crippen LogP contribution in [0.2, 0.25) is 0 Å². The molecule has 0 bridgehead atoms. The van der Waals surface area contributed by atoms with Crippen molar-refractivity contribution in [1.82, 2.24) is 0 Å². The van der Waals surface area contributed by atoms with Crippen molar-refractivity contribution in [3.8, 4) is 0 Å². The van der Waals surface area contributed by atoms with E-state index < -0.39 is 0 Å². The van der Waals surface area contributed by atoms with Crippen molar-refractivity contribution in [2.75, 3.05) is 26.2 Å². The molecule has 3 nitrogen and oxygen atoms in total. The lowest BCUT2D eigenvalue weighted by molar-refractivity contribution is -0.896. The Morgan fingerprint density at radius 3 is 2.39 bits per heavy atom. The Morgan fingerprint density at radius 1 is 1.22 bits per heavy atom. The van der Waals surface area contributed by atoms with Gasteiger partial charge < -0.3 is 22.1 Å². The normalized spacial score (nSPS) is 10.7. The van der Waals surface area contributed by atoms with Gasteiger partial charge in [0.15, 0.2) is 6.61 Å². The fraction of sp³-hybridized carbons (Fsp3) is 0.462. The number of nitrogens with one attached hydrogen (secondary N) is 1. The lowest BCUT2D eigenvalue weighted by Crippen LogP contribution is -3.11. The molecule has 0 fully saturated rings. The molecule has 0 aliphatic rings. The standard InChI is InChI=1S/C13H19BrN2O.ClH/c1-3-16(4-2)9-10-17-15-11-12-5-7-13(14)8-6-12;/h5-8,11H,3-4,9-10H2,1-2H3;1H/b15-11+;. The Balaban J connectivity index is 0.00000289. The fourth-order valence-corrected chi connectivity index (χ4v) is 1.76. The topological polar surface area (TPSA) is 26.0 Å². The first kappa shape index (κ1) is 17.4. The van der Waals surface area contributed by atoms with E-state index in [1.807, 2.05) is 24.3 Å². The molecule has 1 rings (SSSR count). The molecule has 18 heavy (non-hydrogen) atoms. The van der Waals surface area contributed by atoms with Crippen LogP contribution in [0.3, 0.4) is 0 Å². The van der Waals surface area contributed by atoms with E-state index >= 15 is 0 Å². The Bertz CT molecular complexity index is 339. The minimum Gasteiger partial charge on any atom is -1.00 e. The fourth-order valence-electron chi connectivity index (χ4n) is 1.49. The summed E-state index contributed by atoms with van der Waals surface area (Å²) in [6.07, 6.45) is 1.74. The number of quaternary nitrogens is 1. The van der Waals surface area contributed by atoms with E-state index in [2.05, 4.69) is 34.9 Å². The molecular weight excluding hydrogens is 316 g/mol. The molecule has 0 aliphatic heterocycles. The molecule has 1 aromatic carbocycles. The van der Waals surface area contributed by atoms with Crippen LogP contribution in [0, 0.1) is 0 Å². The van der Waals surface area contributed by atoms with Crippen molar-refractivity contribution in [3.63, 3.8) is 0 Å². The minimum absolute atomic E-state index is 0. The first-order valence-electron chi connectivity index (χ1n) is 6.00. The predicted octanol–water partition coefficient (Wildman–Crippen LogP) is -1.27. The zero-order valence-electron chi connectivity index (χ0n) is 10.8. The highest BCUT2D eigenvalue weighted by molar-refractivity contribution is 9.10. The number of benzene rings is 1. The van der Waals surface area contributed by atoms with Gasteiger partial charge in [-0.05, 0) is 31.5 Å². The van der Waals surface area contributed by atoms with Crippen LogP contribution in [-0.2, 0) is 4.84 Å². The van der Waals surface area contributed by atoms with Gasteiger partial charge in [0.05, 0.1) is 19.3 Å². The highest BCUT2D eigenvalue weighted by atomic mass is 79.9. The van der Waals surface area contributed by atoms with Crippen molar-refractivity contribution >= 4 is 22.1 Å². The summed E-state index contributed by atoms with van der Waals surface area (Å²) in [4.78, 5) is 6.77. The number of hydrogen-bond donors (Lipinski definition) is 1. The van der Waals surface area contributed by atoms with Crippen LogP contribution in [-0.4, -0.2) is 32.5 Å². The molecule has 0 aromatic heterocycles. The SMILES string of the molecule is CC[NH+](CC)CCO/N=C/c1ccc(Br)cc1.[Cl-]. The maximum Gasteiger partial charge on any atom is 0.165 e. The molecule has 0 saturated heterocycles. The summed E-state index contributed by atoms with van der Waals surface area (Å²) in [6, 6.07) is 7.96. The van der Waals surface area contributed by atoms with Crippen LogP contribution in [0.1, 0.15) is 19.4 Å². The van der Waals surface area contributed by atoms with Gasteiger partial charge in [0.2, 0.25) is 0 Å². The second-order valence-electron chi connectivity index (χ2n) is 3.83. The van der Waals surface area contributed by atoms with Crippen molar-refractivity contribution in [2.24, 2.45) is 5.16 Å². The first-order chi connectivity index (χ1) is 8.26. The number of nitrogens with zero attached hydrogens (tertiary/aromatic N) is 1. The molecule has 0 unspecified atom stereocenters. The lowest BCUT2D eigenvalue weighted by atomic mass is 10.2. The van der Waals surface area contributed by atoms with Gasteiger partial charge >= 0.3 is 0 Å². The number of oxime groups is 1. The van der Waals surface area contributed by atoms with E-state index in [-0.39, 0.29) is 12.4 Å². The van der Waals surface area contributed by atoms with Crippen LogP contribution in [0.5, 0.6) is 0 Å². The number of likely N-dealkylation sites (N-methyl/N-ethyl adjacent to an activating group) is 1. The largest absolute Gasteiger partial charge is 1.00 e. The van der Waals surface area contributed by atoms with E-state index in [0.29, 0.717) is 6.61 Å². The predicted molar refractivity (Wildman–Crippen MR) is 74.6 cm³/mol. The molecule has 102 valence electrons. The number of rotatable bonds is 7. The summed E-state index contributed by atoms with van der Waals surface area (Å²) >= 11 is 3.39. The van der Waals surface area contributed by atoms with Crippen molar-refractivity contribution in [3.05, 3.63) is 34.3 Å². The summed E-state index contributed by atoms with van der Waals surface area (Å²) in [5.41, 5.74) is 1.04. The van der Waals surface area contributed by atoms with Crippen molar-refractivity contribution in [2.45, 2.75) is 13.8 Å². The summed E-state index contributed by atoms with van der Waals surface area (Å²) in [5.74, 6) is 0. The third kappa shape index (κ3) is 6.99. The number of halogens is 2. The molecule has 0 saturated carbocycles. The van der Waals surface area contributed by atoms with E-state index in [9.17, 15) is 0 Å². The van der Waals surface area contributed by atoms with Crippen molar-refractivity contribution < 1.29 is 22.1 Å². The Morgan fingerprint density at radius 2 is 1.83 bits per heavy atom. The molecule has 1 N–H and O–H groups in total. The quantitative estimate of drug-likeness (QED) is 0.375. The van der Waals surface area contributed by atoms with Gasteiger partial charge in [-0.15, -0.1) is 0 Å². The first-order valence-corrected chi connectivity index (χ1v) is 6.80. The molecule has 0 spiro atoms. The number of hydrogen-bond acceptors (Lipinski definition) is 2. The van der Waals surface area contributed by atoms with Crippen LogP contribution in [0.25, 0.3) is 0 Å². The molecule has 0 aliphatic carbocycles. The molecule has 0 amide bonds. The molecule has 5 heteroatoms. The molecule has 0 heterocycles. The van der Waals surface area contributed by atoms with Gasteiger partial charge in [-0.25, -0.2) is 0 Å². The van der Waals surface area contributed by atoms with E-state index in [0.717, 1.165) is 29.7 Å². The molecule has 1 aromatic rings. The Hall–Kier alpha value is -0.580. The van der Waals surface area contributed by atoms with Crippen LogP contribution in [0.15, 0.2) is 33.9 Å². The van der Waals surface area contributed by atoms with Gasteiger partial charge in [0.1, 0.15) is 6.54 Å². The minimum atomic E-state index is 0. The zero-order valence-corrected chi connectivity index (χ0v) is 13.2. The van der Waals surface area contributed by atoms with Gasteiger partial charge in [-0.3, -0.25) is 0 Å².